The van der Waals surface area contributed by atoms with Gasteiger partial charge >= 0.3 is 0 Å². The van der Waals surface area contributed by atoms with Gasteiger partial charge in [-0.05, 0) is 37.6 Å². The highest BCUT2D eigenvalue weighted by Crippen LogP contribution is 2.23. The summed E-state index contributed by atoms with van der Waals surface area (Å²) in [5.41, 5.74) is 0.987. The number of rotatable bonds is 5. The van der Waals surface area contributed by atoms with Crippen LogP contribution in [0, 0.1) is 0 Å². The number of anilines is 2. The van der Waals surface area contributed by atoms with Crippen molar-refractivity contribution in [2.45, 2.75) is 18.9 Å². The van der Waals surface area contributed by atoms with E-state index < -0.39 is 10.0 Å². The van der Waals surface area contributed by atoms with E-state index in [1.807, 2.05) is 4.68 Å². The van der Waals surface area contributed by atoms with Gasteiger partial charge in [0.1, 0.15) is 0 Å². The number of halogens is 1. The Bertz CT molecular complexity index is 862. The molecule has 1 aromatic heterocycles. The average Bonchev–Trinajstić information content (AvgIpc) is 3.06. The maximum absolute atomic E-state index is 12.4. The largest absolute Gasteiger partial charge is 0.319 e. The first-order valence-corrected chi connectivity index (χ1v) is 9.95. The number of nitrogens with one attached hydrogen (secondary N) is 3. The number of aromatic nitrogens is 2. The van der Waals surface area contributed by atoms with Gasteiger partial charge < -0.3 is 10.6 Å². The lowest BCUT2D eigenvalue weighted by Gasteiger charge is -2.22. The molecule has 0 saturated carbocycles. The number of hydrogen-bond donors (Lipinski definition) is 3. The molecule has 1 unspecified atom stereocenters. The van der Waals surface area contributed by atoms with Crippen LogP contribution in [0.4, 0.5) is 11.4 Å². The second-order valence-corrected chi connectivity index (χ2v) is 7.80. The van der Waals surface area contributed by atoms with Crippen LogP contribution in [0.25, 0.3) is 0 Å². The van der Waals surface area contributed by atoms with Crippen molar-refractivity contribution in [3.63, 3.8) is 0 Å². The average molecular weight is 400 g/mol. The van der Waals surface area contributed by atoms with E-state index in [4.69, 9.17) is 0 Å². The molecular weight excluding hydrogens is 378 g/mol. The number of sulfonamides is 1. The van der Waals surface area contributed by atoms with E-state index >= 15 is 0 Å². The third kappa shape index (κ3) is 5.20. The van der Waals surface area contributed by atoms with E-state index in [0.717, 1.165) is 32.2 Å². The number of amides is 1. The van der Waals surface area contributed by atoms with E-state index in [0.29, 0.717) is 17.1 Å². The molecule has 3 rings (SSSR count). The molecule has 1 saturated heterocycles. The van der Waals surface area contributed by atoms with Crippen molar-refractivity contribution in [3.05, 3.63) is 42.2 Å². The van der Waals surface area contributed by atoms with Crippen LogP contribution in [-0.4, -0.2) is 43.5 Å². The Morgan fingerprint density at radius 3 is 2.65 bits per heavy atom. The van der Waals surface area contributed by atoms with Crippen molar-refractivity contribution in [1.29, 1.82) is 0 Å². The standard InChI is InChI=1S/C16H21N5O3S.ClH/c1-25(23,24)20-14-7-3-2-6-13(14)18-16(22)15-8-10-21(19-15)12-5-4-9-17-11-12;/h2-3,6-8,10,12,17,20H,4-5,9,11H2,1H3,(H,18,22);1H. The monoisotopic (exact) mass is 399 g/mol. The van der Waals surface area contributed by atoms with Crippen molar-refractivity contribution in [1.82, 2.24) is 15.1 Å². The highest BCUT2D eigenvalue weighted by atomic mass is 35.5. The van der Waals surface area contributed by atoms with E-state index in [1.54, 1.807) is 36.5 Å². The Morgan fingerprint density at radius 2 is 2.00 bits per heavy atom. The third-order valence-corrected chi connectivity index (χ3v) is 4.55. The number of carbonyl (C=O) groups excluding carboxylic acids is 1. The summed E-state index contributed by atoms with van der Waals surface area (Å²) in [7, 11) is -3.44. The van der Waals surface area contributed by atoms with E-state index in [-0.39, 0.29) is 24.4 Å². The quantitative estimate of drug-likeness (QED) is 0.711. The smallest absolute Gasteiger partial charge is 0.276 e. The van der Waals surface area contributed by atoms with Crippen LogP contribution in [0.5, 0.6) is 0 Å². The van der Waals surface area contributed by atoms with Gasteiger partial charge in [0.25, 0.3) is 5.91 Å². The Morgan fingerprint density at radius 1 is 1.27 bits per heavy atom. The van der Waals surface area contributed by atoms with Gasteiger partial charge in [-0.1, -0.05) is 12.1 Å². The van der Waals surface area contributed by atoms with Gasteiger partial charge in [0, 0.05) is 12.7 Å². The van der Waals surface area contributed by atoms with Gasteiger partial charge in [0.05, 0.1) is 23.7 Å². The predicted molar refractivity (Wildman–Crippen MR) is 103 cm³/mol. The first-order chi connectivity index (χ1) is 11.9. The molecule has 10 heteroatoms. The number of piperidine rings is 1. The minimum atomic E-state index is -3.44. The molecule has 0 spiro atoms. The fourth-order valence-corrected chi connectivity index (χ4v) is 3.37. The van der Waals surface area contributed by atoms with Crippen LogP contribution in [0.15, 0.2) is 36.5 Å². The second-order valence-electron chi connectivity index (χ2n) is 6.06. The first-order valence-electron chi connectivity index (χ1n) is 8.06. The molecule has 0 bridgehead atoms. The summed E-state index contributed by atoms with van der Waals surface area (Å²) in [5, 5.41) is 10.4. The summed E-state index contributed by atoms with van der Waals surface area (Å²) in [6.45, 7) is 1.85. The van der Waals surface area contributed by atoms with Crippen LogP contribution in [0.3, 0.4) is 0 Å². The maximum atomic E-state index is 12.4. The Balaban J connectivity index is 0.00000243. The Labute approximate surface area is 158 Å². The van der Waals surface area contributed by atoms with Crippen molar-refractivity contribution in [2.24, 2.45) is 0 Å². The molecule has 1 aliphatic rings. The number of benzene rings is 1. The summed E-state index contributed by atoms with van der Waals surface area (Å²) in [5.74, 6) is -0.384. The van der Waals surface area contributed by atoms with Crippen molar-refractivity contribution in [2.75, 3.05) is 29.4 Å². The van der Waals surface area contributed by atoms with Crippen LogP contribution in [0.2, 0.25) is 0 Å². The van der Waals surface area contributed by atoms with Gasteiger partial charge in [-0.3, -0.25) is 14.2 Å². The van der Waals surface area contributed by atoms with E-state index in [9.17, 15) is 13.2 Å². The maximum Gasteiger partial charge on any atom is 0.276 e. The van der Waals surface area contributed by atoms with Crippen molar-refractivity contribution in [3.8, 4) is 0 Å². The van der Waals surface area contributed by atoms with Gasteiger partial charge in [-0.25, -0.2) is 8.42 Å². The minimum Gasteiger partial charge on any atom is -0.319 e. The fourth-order valence-electron chi connectivity index (χ4n) is 2.79. The number of hydrogen-bond acceptors (Lipinski definition) is 5. The second kappa shape index (κ2) is 8.52. The summed E-state index contributed by atoms with van der Waals surface area (Å²) < 4.78 is 27.1. The molecule has 1 amide bonds. The number of para-hydroxylation sites is 2. The molecule has 0 aliphatic carbocycles. The van der Waals surface area contributed by atoms with E-state index in [1.165, 1.54) is 0 Å². The van der Waals surface area contributed by atoms with Crippen LogP contribution < -0.4 is 15.4 Å². The van der Waals surface area contributed by atoms with E-state index in [2.05, 4.69) is 20.5 Å². The lowest BCUT2D eigenvalue weighted by Crippen LogP contribution is -2.32. The Hall–Kier alpha value is -2.10. The molecule has 142 valence electrons. The molecule has 2 heterocycles. The molecule has 26 heavy (non-hydrogen) atoms. The first kappa shape index (κ1) is 20.2. The van der Waals surface area contributed by atoms with Gasteiger partial charge in [-0.2, -0.15) is 5.10 Å². The SMILES string of the molecule is CS(=O)(=O)Nc1ccccc1NC(=O)c1ccn(C2CCCNC2)n1.Cl. The van der Waals surface area contributed by atoms with Crippen LogP contribution in [0.1, 0.15) is 29.4 Å². The zero-order valence-corrected chi connectivity index (χ0v) is 15.9. The molecular formula is C16H22ClN5O3S. The topological polar surface area (TPSA) is 105 Å². The lowest BCUT2D eigenvalue weighted by atomic mass is 10.1. The third-order valence-electron chi connectivity index (χ3n) is 3.96. The summed E-state index contributed by atoms with van der Waals surface area (Å²) >= 11 is 0. The van der Waals surface area contributed by atoms with Gasteiger partial charge in [0.2, 0.25) is 10.0 Å². The molecule has 2 aromatic rings. The molecule has 1 atom stereocenters. The van der Waals surface area contributed by atoms with Gasteiger partial charge in [0.15, 0.2) is 5.69 Å². The zero-order valence-electron chi connectivity index (χ0n) is 14.3. The molecule has 8 nitrogen and oxygen atoms in total. The number of nitrogens with zero attached hydrogens (tertiary/aromatic N) is 2. The highest BCUT2D eigenvalue weighted by molar-refractivity contribution is 7.92. The molecule has 3 N–H and O–H groups in total. The van der Waals surface area contributed by atoms with Crippen LogP contribution in [-0.2, 0) is 10.0 Å². The normalized spacial score (nSPS) is 17.2. The minimum absolute atomic E-state index is 0. The van der Waals surface area contributed by atoms with Crippen molar-refractivity contribution < 1.29 is 13.2 Å². The molecule has 0 radical (unpaired) electrons. The van der Waals surface area contributed by atoms with Crippen molar-refractivity contribution >= 4 is 39.7 Å². The van der Waals surface area contributed by atoms with Gasteiger partial charge in [-0.15, -0.1) is 12.4 Å². The molecule has 1 fully saturated rings. The summed E-state index contributed by atoms with van der Waals surface area (Å²) in [4.78, 5) is 12.4. The van der Waals surface area contributed by atoms with Crippen LogP contribution >= 0.6 is 12.4 Å². The summed E-state index contributed by atoms with van der Waals surface area (Å²) in [6, 6.07) is 8.53. The molecule has 1 aliphatic heterocycles. The summed E-state index contributed by atoms with van der Waals surface area (Å²) in [6.07, 6.45) is 4.96. The Kier molecular flexibility index (Phi) is 6.63. The predicted octanol–water partition coefficient (Wildman–Crippen LogP) is 1.85. The number of carbonyl (C=O) groups is 1. The zero-order chi connectivity index (χ0) is 17.9. The highest BCUT2D eigenvalue weighted by Gasteiger charge is 2.18. The molecule has 1 aromatic carbocycles. The fraction of sp³-hybridized carbons (Fsp3) is 0.375. The lowest BCUT2D eigenvalue weighted by molar-refractivity contribution is 0.102.